The first kappa shape index (κ1) is 14.5. The summed E-state index contributed by atoms with van der Waals surface area (Å²) >= 11 is 0. The van der Waals surface area contributed by atoms with Gasteiger partial charge in [0.2, 0.25) is 15.9 Å². The first-order valence-electron chi connectivity index (χ1n) is 5.35. The minimum absolute atomic E-state index is 0.0976. The normalized spacial score (nSPS) is 11.1. The highest BCUT2D eigenvalue weighted by Crippen LogP contribution is 2.23. The van der Waals surface area contributed by atoms with Gasteiger partial charge in [-0.1, -0.05) is 6.07 Å². The number of nitrogens with one attached hydrogen (secondary N) is 1. The van der Waals surface area contributed by atoms with E-state index in [1.165, 1.54) is 19.2 Å². The zero-order valence-corrected chi connectivity index (χ0v) is 11.1. The largest absolute Gasteiger partial charge is 0.495 e. The van der Waals surface area contributed by atoms with Crippen molar-refractivity contribution in [1.82, 2.24) is 5.32 Å². The second-order valence-corrected chi connectivity index (χ2v) is 5.19. The van der Waals surface area contributed by atoms with Gasteiger partial charge in [-0.25, -0.2) is 13.6 Å². The Bertz CT molecular complexity index is 540. The van der Waals surface area contributed by atoms with E-state index in [4.69, 9.17) is 9.88 Å². The van der Waals surface area contributed by atoms with Crippen LogP contribution in [-0.4, -0.2) is 28.0 Å². The van der Waals surface area contributed by atoms with Gasteiger partial charge >= 0.3 is 0 Å². The fourth-order valence-corrected chi connectivity index (χ4v) is 2.25. The Balaban J connectivity index is 3.08. The zero-order chi connectivity index (χ0) is 13.8. The molecule has 0 saturated heterocycles. The Kier molecular flexibility index (Phi) is 4.69. The number of hydrogen-bond acceptors (Lipinski definition) is 4. The Hall–Kier alpha value is -1.60. The number of primary sulfonamides is 1. The van der Waals surface area contributed by atoms with Gasteiger partial charge in [0.25, 0.3) is 0 Å². The van der Waals surface area contributed by atoms with Crippen LogP contribution >= 0.6 is 0 Å². The van der Waals surface area contributed by atoms with Crippen molar-refractivity contribution >= 4 is 15.9 Å². The van der Waals surface area contributed by atoms with Gasteiger partial charge in [-0.15, -0.1) is 0 Å². The Labute approximate surface area is 106 Å². The van der Waals surface area contributed by atoms with E-state index in [1.807, 2.05) is 6.92 Å². The Morgan fingerprint density at radius 3 is 2.61 bits per heavy atom. The number of benzene rings is 1. The van der Waals surface area contributed by atoms with Crippen LogP contribution in [0.3, 0.4) is 0 Å². The first-order valence-corrected chi connectivity index (χ1v) is 6.89. The van der Waals surface area contributed by atoms with Gasteiger partial charge in [0.1, 0.15) is 10.6 Å². The minimum Gasteiger partial charge on any atom is -0.495 e. The standard InChI is InChI=1S/C11H16N2O4S/c1-3-13-11(14)7-8-4-5-9(17-2)10(6-8)18(12,15)16/h4-6H,3,7H2,1-2H3,(H,13,14)(H2,12,15,16). The van der Waals surface area contributed by atoms with E-state index >= 15 is 0 Å². The monoisotopic (exact) mass is 272 g/mol. The summed E-state index contributed by atoms with van der Waals surface area (Å²) in [5, 5.41) is 7.71. The van der Waals surface area contributed by atoms with Crippen molar-refractivity contribution < 1.29 is 17.9 Å². The number of rotatable bonds is 5. The van der Waals surface area contributed by atoms with E-state index in [0.29, 0.717) is 12.1 Å². The second kappa shape index (κ2) is 5.83. The summed E-state index contributed by atoms with van der Waals surface area (Å²) in [6, 6.07) is 4.46. The molecule has 1 aromatic rings. The van der Waals surface area contributed by atoms with Crippen molar-refractivity contribution in [3.8, 4) is 5.75 Å². The molecule has 100 valence electrons. The number of hydrogen-bond donors (Lipinski definition) is 2. The number of nitrogens with two attached hydrogens (primary N) is 1. The number of carbonyl (C=O) groups is 1. The van der Waals surface area contributed by atoms with Crippen molar-refractivity contribution in [2.75, 3.05) is 13.7 Å². The molecule has 18 heavy (non-hydrogen) atoms. The molecule has 0 aliphatic rings. The fourth-order valence-electron chi connectivity index (χ4n) is 1.50. The van der Waals surface area contributed by atoms with Gasteiger partial charge in [0.15, 0.2) is 0 Å². The molecule has 1 aromatic carbocycles. The lowest BCUT2D eigenvalue weighted by atomic mass is 10.1. The summed E-state index contributed by atoms with van der Waals surface area (Å²) < 4.78 is 27.7. The predicted molar refractivity (Wildman–Crippen MR) is 66.8 cm³/mol. The maximum absolute atomic E-state index is 11.4. The van der Waals surface area contributed by atoms with Gasteiger partial charge in [-0.05, 0) is 24.6 Å². The second-order valence-electron chi connectivity index (χ2n) is 3.66. The third kappa shape index (κ3) is 3.71. The summed E-state index contributed by atoms with van der Waals surface area (Å²) in [4.78, 5) is 11.3. The van der Waals surface area contributed by atoms with Crippen molar-refractivity contribution in [1.29, 1.82) is 0 Å². The van der Waals surface area contributed by atoms with Crippen LogP contribution in [0, 0.1) is 0 Å². The molecule has 0 aliphatic carbocycles. The number of likely N-dealkylation sites (N-methyl/N-ethyl adjacent to an activating group) is 1. The summed E-state index contributed by atoms with van der Waals surface area (Å²) in [6.45, 7) is 2.33. The summed E-state index contributed by atoms with van der Waals surface area (Å²) in [7, 11) is -2.52. The molecule has 0 unspecified atom stereocenters. The van der Waals surface area contributed by atoms with Crippen LogP contribution in [0.15, 0.2) is 23.1 Å². The highest BCUT2D eigenvalue weighted by Gasteiger charge is 2.16. The number of amides is 1. The lowest BCUT2D eigenvalue weighted by molar-refractivity contribution is -0.120. The highest BCUT2D eigenvalue weighted by atomic mass is 32.2. The molecule has 0 atom stereocenters. The lowest BCUT2D eigenvalue weighted by Crippen LogP contribution is -2.24. The van der Waals surface area contributed by atoms with E-state index < -0.39 is 10.0 Å². The molecule has 1 rings (SSSR count). The van der Waals surface area contributed by atoms with E-state index in [0.717, 1.165) is 0 Å². The molecule has 6 nitrogen and oxygen atoms in total. The molecule has 0 aliphatic heterocycles. The summed E-state index contributed by atoms with van der Waals surface area (Å²) in [6.07, 6.45) is 0.0976. The molecule has 3 N–H and O–H groups in total. The molecule has 0 saturated carbocycles. The van der Waals surface area contributed by atoms with Crippen molar-refractivity contribution in [2.45, 2.75) is 18.2 Å². The molecular weight excluding hydrogens is 256 g/mol. The van der Waals surface area contributed by atoms with Gasteiger partial charge in [-0.2, -0.15) is 0 Å². The maximum Gasteiger partial charge on any atom is 0.241 e. The van der Waals surface area contributed by atoms with Crippen LogP contribution in [0.2, 0.25) is 0 Å². The minimum atomic E-state index is -3.87. The molecule has 0 bridgehead atoms. The smallest absolute Gasteiger partial charge is 0.241 e. The van der Waals surface area contributed by atoms with E-state index in [2.05, 4.69) is 5.32 Å². The average Bonchev–Trinajstić information content (AvgIpc) is 2.28. The molecule has 0 fully saturated rings. The van der Waals surface area contributed by atoms with Crippen molar-refractivity contribution in [3.05, 3.63) is 23.8 Å². The maximum atomic E-state index is 11.4. The highest BCUT2D eigenvalue weighted by molar-refractivity contribution is 7.89. The zero-order valence-electron chi connectivity index (χ0n) is 10.3. The van der Waals surface area contributed by atoms with Crippen molar-refractivity contribution in [2.24, 2.45) is 5.14 Å². The van der Waals surface area contributed by atoms with Crippen LogP contribution in [0.4, 0.5) is 0 Å². The molecule has 0 spiro atoms. The number of methoxy groups -OCH3 is 1. The van der Waals surface area contributed by atoms with E-state index in [1.54, 1.807) is 6.07 Å². The number of carbonyl (C=O) groups excluding carboxylic acids is 1. The molecule has 0 aromatic heterocycles. The van der Waals surface area contributed by atoms with Crippen LogP contribution in [0.25, 0.3) is 0 Å². The van der Waals surface area contributed by atoms with E-state index in [-0.39, 0.29) is 23.0 Å². The average molecular weight is 272 g/mol. The third-order valence-corrected chi connectivity index (χ3v) is 3.21. The van der Waals surface area contributed by atoms with Crippen LogP contribution in [0.5, 0.6) is 5.75 Å². The quantitative estimate of drug-likeness (QED) is 0.789. The van der Waals surface area contributed by atoms with Gasteiger partial charge in [-0.3, -0.25) is 4.79 Å². The summed E-state index contributed by atoms with van der Waals surface area (Å²) in [5.74, 6) is -0.0137. The first-order chi connectivity index (χ1) is 8.38. The number of ether oxygens (including phenoxy) is 1. The third-order valence-electron chi connectivity index (χ3n) is 2.27. The van der Waals surface area contributed by atoms with Gasteiger partial charge < -0.3 is 10.1 Å². The molecule has 0 radical (unpaired) electrons. The molecular formula is C11H16N2O4S. The van der Waals surface area contributed by atoms with E-state index in [9.17, 15) is 13.2 Å². The van der Waals surface area contributed by atoms with Gasteiger partial charge in [0, 0.05) is 6.54 Å². The van der Waals surface area contributed by atoms with Crippen LogP contribution in [0.1, 0.15) is 12.5 Å². The fraction of sp³-hybridized carbons (Fsp3) is 0.364. The molecule has 1 amide bonds. The topological polar surface area (TPSA) is 98.5 Å². The number of sulfonamides is 1. The van der Waals surface area contributed by atoms with Crippen molar-refractivity contribution in [3.63, 3.8) is 0 Å². The Morgan fingerprint density at radius 2 is 2.11 bits per heavy atom. The van der Waals surface area contributed by atoms with Gasteiger partial charge in [0.05, 0.1) is 13.5 Å². The summed E-state index contributed by atoms with van der Waals surface area (Å²) in [5.41, 5.74) is 0.561. The Morgan fingerprint density at radius 1 is 1.44 bits per heavy atom. The molecule has 7 heteroatoms. The lowest BCUT2D eigenvalue weighted by Gasteiger charge is -2.09. The SMILES string of the molecule is CCNC(=O)Cc1ccc(OC)c(S(N)(=O)=O)c1. The predicted octanol–water partition coefficient (Wildman–Crippen LogP) is 0.0212. The van der Waals surface area contributed by atoms with Crippen LogP contribution in [-0.2, 0) is 21.2 Å². The molecule has 0 heterocycles. The van der Waals surface area contributed by atoms with Crippen LogP contribution < -0.4 is 15.2 Å².